The Morgan fingerprint density at radius 2 is 2.28 bits per heavy atom. The van der Waals surface area contributed by atoms with E-state index in [-0.39, 0.29) is 11.9 Å². The molecule has 1 aliphatic carbocycles. The number of thiophene rings is 2. The number of nitrogens with one attached hydrogen (secondary N) is 1. The molecule has 2 heterocycles. The summed E-state index contributed by atoms with van der Waals surface area (Å²) in [7, 11) is 0. The van der Waals surface area contributed by atoms with Crippen LogP contribution in [0.5, 0.6) is 0 Å². The summed E-state index contributed by atoms with van der Waals surface area (Å²) in [5.74, 6) is 0.0288. The molecule has 25 heavy (non-hydrogen) atoms. The predicted molar refractivity (Wildman–Crippen MR) is 103 cm³/mol. The Hall–Kier alpha value is -1.92. The molecule has 0 saturated heterocycles. The molecular weight excluding hydrogens is 354 g/mol. The summed E-state index contributed by atoms with van der Waals surface area (Å²) in [5.41, 5.74) is 1.60. The predicted octanol–water partition coefficient (Wildman–Crippen LogP) is 4.76. The number of carbonyl (C=O) groups is 2. The maximum absolute atomic E-state index is 12.4. The highest BCUT2D eigenvalue weighted by atomic mass is 32.1. The van der Waals surface area contributed by atoms with E-state index in [4.69, 9.17) is 4.74 Å². The Morgan fingerprint density at radius 1 is 1.44 bits per heavy atom. The summed E-state index contributed by atoms with van der Waals surface area (Å²) < 4.78 is 5.22. The van der Waals surface area contributed by atoms with E-state index in [9.17, 15) is 9.59 Å². The molecule has 0 aliphatic heterocycles. The highest BCUT2D eigenvalue weighted by Crippen LogP contribution is 2.40. The molecule has 0 aromatic carbocycles. The van der Waals surface area contributed by atoms with E-state index in [0.29, 0.717) is 23.1 Å². The number of anilines is 1. The number of carbonyl (C=O) groups excluding carboxylic acids is 2. The minimum Gasteiger partial charge on any atom is -0.462 e. The van der Waals surface area contributed by atoms with Crippen LogP contribution in [0.15, 0.2) is 23.6 Å². The van der Waals surface area contributed by atoms with E-state index in [2.05, 4.69) is 12.2 Å². The molecule has 4 nitrogen and oxygen atoms in total. The highest BCUT2D eigenvalue weighted by molar-refractivity contribution is 7.17. The van der Waals surface area contributed by atoms with E-state index < -0.39 is 0 Å². The molecule has 1 N–H and O–H groups in total. The van der Waals surface area contributed by atoms with Gasteiger partial charge in [-0.3, -0.25) is 4.79 Å². The lowest BCUT2D eigenvalue weighted by molar-refractivity contribution is -0.111. The maximum atomic E-state index is 12.4. The second kappa shape index (κ2) is 7.97. The third-order valence-electron chi connectivity index (χ3n) is 4.17. The third-order valence-corrected chi connectivity index (χ3v) is 6.18. The van der Waals surface area contributed by atoms with Crippen molar-refractivity contribution in [1.82, 2.24) is 0 Å². The Bertz CT molecular complexity index is 790. The van der Waals surface area contributed by atoms with Gasteiger partial charge in [-0.25, -0.2) is 4.79 Å². The summed E-state index contributed by atoms with van der Waals surface area (Å²) >= 11 is 3.08. The van der Waals surface area contributed by atoms with Crippen molar-refractivity contribution in [2.24, 2.45) is 5.92 Å². The van der Waals surface area contributed by atoms with Gasteiger partial charge in [0.15, 0.2) is 0 Å². The Labute approximate surface area is 155 Å². The number of ether oxygens (including phenoxy) is 1. The first-order valence-corrected chi connectivity index (χ1v) is 10.1. The van der Waals surface area contributed by atoms with E-state index >= 15 is 0 Å². The summed E-state index contributed by atoms with van der Waals surface area (Å²) in [6.07, 6.45) is 6.15. The van der Waals surface area contributed by atoms with Crippen molar-refractivity contribution >= 4 is 45.6 Å². The molecule has 2 aromatic heterocycles. The molecule has 1 unspecified atom stereocenters. The average molecular weight is 376 g/mol. The van der Waals surface area contributed by atoms with Gasteiger partial charge in [0, 0.05) is 15.8 Å². The summed E-state index contributed by atoms with van der Waals surface area (Å²) in [5, 5.41) is 5.45. The SMILES string of the molecule is CCOC(=O)c1c(NC(=O)/C=C/c2cccs2)sc2c1CCC(C)C2. The Balaban J connectivity index is 1.84. The Morgan fingerprint density at radius 3 is 3.00 bits per heavy atom. The Kier molecular flexibility index (Phi) is 5.71. The number of amides is 1. The molecule has 132 valence electrons. The topological polar surface area (TPSA) is 55.4 Å². The molecule has 0 radical (unpaired) electrons. The van der Waals surface area contributed by atoms with Crippen LogP contribution in [0.1, 0.15) is 45.9 Å². The lowest BCUT2D eigenvalue weighted by Gasteiger charge is -2.18. The number of rotatable bonds is 5. The molecule has 3 rings (SSSR count). The van der Waals surface area contributed by atoms with Crippen LogP contribution in [0.2, 0.25) is 0 Å². The quantitative estimate of drug-likeness (QED) is 0.605. The molecule has 0 spiro atoms. The molecule has 0 bridgehead atoms. The van der Waals surface area contributed by atoms with Crippen LogP contribution in [-0.2, 0) is 22.4 Å². The van der Waals surface area contributed by atoms with Crippen molar-refractivity contribution in [2.45, 2.75) is 33.1 Å². The second-order valence-electron chi connectivity index (χ2n) is 6.11. The van der Waals surface area contributed by atoms with E-state index in [0.717, 1.165) is 29.7 Å². The summed E-state index contributed by atoms with van der Waals surface area (Å²) in [4.78, 5) is 26.9. The van der Waals surface area contributed by atoms with Gasteiger partial charge in [-0.1, -0.05) is 13.0 Å². The molecule has 1 aliphatic rings. The fourth-order valence-electron chi connectivity index (χ4n) is 2.96. The monoisotopic (exact) mass is 375 g/mol. The van der Waals surface area contributed by atoms with Crippen molar-refractivity contribution in [3.05, 3.63) is 44.5 Å². The molecule has 1 amide bonds. The van der Waals surface area contributed by atoms with Gasteiger partial charge in [0.2, 0.25) is 5.91 Å². The number of hydrogen-bond donors (Lipinski definition) is 1. The van der Waals surface area contributed by atoms with Gasteiger partial charge in [0.05, 0.1) is 12.2 Å². The summed E-state index contributed by atoms with van der Waals surface area (Å²) in [6, 6.07) is 3.89. The van der Waals surface area contributed by atoms with Crippen molar-refractivity contribution in [1.29, 1.82) is 0 Å². The summed E-state index contributed by atoms with van der Waals surface area (Å²) in [6.45, 7) is 4.33. The van der Waals surface area contributed by atoms with Gasteiger partial charge < -0.3 is 10.1 Å². The number of hydrogen-bond acceptors (Lipinski definition) is 5. The standard InChI is InChI=1S/C19H21NO3S2/c1-3-23-19(22)17-14-8-6-12(2)11-15(14)25-18(17)20-16(21)9-7-13-5-4-10-24-13/h4-5,7,9-10,12H,3,6,8,11H2,1-2H3,(H,20,21)/b9-7+. The fraction of sp³-hybridized carbons (Fsp3) is 0.368. The first kappa shape index (κ1) is 17.9. The lowest BCUT2D eigenvalue weighted by atomic mass is 9.88. The van der Waals surface area contributed by atoms with Crippen molar-refractivity contribution in [3.8, 4) is 0 Å². The van der Waals surface area contributed by atoms with Gasteiger partial charge >= 0.3 is 5.97 Å². The lowest BCUT2D eigenvalue weighted by Crippen LogP contribution is -2.15. The average Bonchev–Trinajstić information content (AvgIpc) is 3.19. The van der Waals surface area contributed by atoms with Crippen molar-refractivity contribution in [3.63, 3.8) is 0 Å². The minimum absolute atomic E-state index is 0.231. The molecule has 0 saturated carbocycles. The van der Waals surface area contributed by atoms with Gasteiger partial charge in [0.25, 0.3) is 0 Å². The number of esters is 1. The van der Waals surface area contributed by atoms with Crippen LogP contribution < -0.4 is 5.32 Å². The van der Waals surface area contributed by atoms with Crippen LogP contribution >= 0.6 is 22.7 Å². The van der Waals surface area contributed by atoms with Crippen molar-refractivity contribution < 1.29 is 14.3 Å². The van der Waals surface area contributed by atoms with Gasteiger partial charge in [0.1, 0.15) is 5.00 Å². The van der Waals surface area contributed by atoms with Crippen LogP contribution in [0.25, 0.3) is 6.08 Å². The second-order valence-corrected chi connectivity index (χ2v) is 8.20. The van der Waals surface area contributed by atoms with E-state index in [1.165, 1.54) is 22.3 Å². The first-order valence-electron chi connectivity index (χ1n) is 8.42. The van der Waals surface area contributed by atoms with Gasteiger partial charge in [-0.2, -0.15) is 0 Å². The minimum atomic E-state index is -0.341. The zero-order valence-corrected chi connectivity index (χ0v) is 16.0. The first-order chi connectivity index (χ1) is 12.1. The molecule has 6 heteroatoms. The molecule has 0 fully saturated rings. The van der Waals surface area contributed by atoms with Crippen molar-refractivity contribution in [2.75, 3.05) is 11.9 Å². The number of fused-ring (bicyclic) bond motifs is 1. The van der Waals surface area contributed by atoms with Crippen LogP contribution in [0.4, 0.5) is 5.00 Å². The van der Waals surface area contributed by atoms with Crippen LogP contribution in [0.3, 0.4) is 0 Å². The van der Waals surface area contributed by atoms with E-state index in [1.54, 1.807) is 24.3 Å². The smallest absolute Gasteiger partial charge is 0.341 e. The largest absolute Gasteiger partial charge is 0.462 e. The zero-order chi connectivity index (χ0) is 17.8. The normalized spacial score (nSPS) is 16.6. The van der Waals surface area contributed by atoms with E-state index in [1.807, 2.05) is 17.5 Å². The van der Waals surface area contributed by atoms with Gasteiger partial charge in [-0.05, 0) is 55.2 Å². The molecular formula is C19H21NO3S2. The van der Waals surface area contributed by atoms with Crippen LogP contribution in [0, 0.1) is 5.92 Å². The maximum Gasteiger partial charge on any atom is 0.341 e. The third kappa shape index (κ3) is 4.19. The fourth-order valence-corrected chi connectivity index (χ4v) is 4.98. The van der Waals surface area contributed by atoms with Gasteiger partial charge in [-0.15, -0.1) is 22.7 Å². The highest BCUT2D eigenvalue weighted by Gasteiger charge is 2.28. The zero-order valence-electron chi connectivity index (χ0n) is 14.3. The molecule has 2 aromatic rings. The van der Waals surface area contributed by atoms with Crippen LogP contribution in [-0.4, -0.2) is 18.5 Å². The molecule has 1 atom stereocenters.